The molecule has 1 aliphatic carbocycles. The lowest BCUT2D eigenvalue weighted by Gasteiger charge is -2.18. The third kappa shape index (κ3) is 4.36. The van der Waals surface area contributed by atoms with Gasteiger partial charge in [0, 0.05) is 12.3 Å². The number of nitrogens with two attached hydrogens (primary N) is 1. The van der Waals surface area contributed by atoms with Crippen LogP contribution in [0.25, 0.3) is 16.2 Å². The van der Waals surface area contributed by atoms with Crippen LogP contribution in [0.4, 0.5) is 19.0 Å². The molecular formula is C17H18F3N5O2S2. The van der Waals surface area contributed by atoms with Crippen LogP contribution in [0.2, 0.25) is 0 Å². The molecule has 0 saturated heterocycles. The molecule has 0 aromatic carbocycles. The highest BCUT2D eigenvalue weighted by molar-refractivity contribution is 7.92. The average molecular weight is 445 g/mol. The summed E-state index contributed by atoms with van der Waals surface area (Å²) in [6.45, 7) is 0.452. The van der Waals surface area contributed by atoms with Crippen LogP contribution < -0.4 is 10.5 Å². The van der Waals surface area contributed by atoms with Crippen molar-refractivity contribution in [2.75, 3.05) is 11.9 Å². The van der Waals surface area contributed by atoms with Crippen LogP contribution in [0.5, 0.6) is 0 Å². The van der Waals surface area contributed by atoms with Crippen LogP contribution in [0.15, 0.2) is 30.5 Å². The number of hydrogen-bond donors (Lipinski definition) is 3. The molecule has 29 heavy (non-hydrogen) atoms. The molecule has 4 rings (SSSR count). The van der Waals surface area contributed by atoms with Gasteiger partial charge in [0.2, 0.25) is 0 Å². The Hall–Kier alpha value is -1.86. The Bertz CT molecular complexity index is 993. The Kier molecular flexibility index (Phi) is 5.71. The molecule has 156 valence electrons. The Morgan fingerprint density at radius 2 is 2.17 bits per heavy atom. The van der Waals surface area contributed by atoms with E-state index in [0.717, 1.165) is 18.3 Å². The topological polar surface area (TPSA) is 97.7 Å². The highest BCUT2D eigenvalue weighted by Gasteiger charge is 2.34. The fourth-order valence-electron chi connectivity index (χ4n) is 3.49. The molecule has 3 atom stereocenters. The van der Waals surface area contributed by atoms with E-state index < -0.39 is 17.2 Å². The predicted octanol–water partition coefficient (Wildman–Crippen LogP) is 3.57. The third-order valence-electron chi connectivity index (χ3n) is 4.83. The maximum atomic E-state index is 12.9. The molecule has 3 unspecified atom stereocenters. The summed E-state index contributed by atoms with van der Waals surface area (Å²) in [4.78, 5) is 3.97. The zero-order valence-corrected chi connectivity index (χ0v) is 16.6. The fourth-order valence-corrected chi connectivity index (χ4v) is 4.59. The maximum absolute atomic E-state index is 12.9. The number of halogens is 3. The van der Waals surface area contributed by atoms with Gasteiger partial charge in [-0.3, -0.25) is 5.14 Å². The second-order valence-corrected chi connectivity index (χ2v) is 8.34. The minimum atomic E-state index is -4.38. The van der Waals surface area contributed by atoms with E-state index in [-0.39, 0.29) is 12.0 Å². The van der Waals surface area contributed by atoms with Gasteiger partial charge in [0.05, 0.1) is 35.9 Å². The molecule has 0 amide bonds. The van der Waals surface area contributed by atoms with Crippen LogP contribution in [-0.4, -0.2) is 38.5 Å². The van der Waals surface area contributed by atoms with Gasteiger partial charge >= 0.3 is 6.18 Å². The van der Waals surface area contributed by atoms with Crippen molar-refractivity contribution in [3.8, 4) is 10.6 Å². The molecule has 7 nitrogen and oxygen atoms in total. The summed E-state index contributed by atoms with van der Waals surface area (Å²) in [6, 6.07) is 5.60. The van der Waals surface area contributed by atoms with Crippen molar-refractivity contribution in [1.29, 1.82) is 0 Å². The third-order valence-corrected chi connectivity index (χ3v) is 6.25. The van der Waals surface area contributed by atoms with Crippen molar-refractivity contribution in [3.63, 3.8) is 0 Å². The Balaban J connectivity index is 1.56. The van der Waals surface area contributed by atoms with E-state index in [1.165, 1.54) is 10.6 Å². The first-order chi connectivity index (χ1) is 13.8. The Morgan fingerprint density at radius 3 is 2.90 bits per heavy atom. The molecule has 0 aliphatic heterocycles. The van der Waals surface area contributed by atoms with Crippen molar-refractivity contribution in [1.82, 2.24) is 14.6 Å². The number of nitrogens with one attached hydrogen (secondary N) is 1. The number of nitrogens with zero attached hydrogens (tertiary/aromatic N) is 3. The van der Waals surface area contributed by atoms with Crippen molar-refractivity contribution < 1.29 is 22.5 Å². The second kappa shape index (κ2) is 8.11. The van der Waals surface area contributed by atoms with Gasteiger partial charge in [-0.2, -0.15) is 22.8 Å². The molecule has 4 N–H and O–H groups in total. The van der Waals surface area contributed by atoms with Crippen molar-refractivity contribution in [2.24, 2.45) is 11.1 Å². The maximum Gasteiger partial charge on any atom is 0.425 e. The van der Waals surface area contributed by atoms with E-state index >= 15 is 0 Å². The molecule has 1 fully saturated rings. The van der Waals surface area contributed by atoms with E-state index in [1.54, 1.807) is 18.3 Å². The lowest BCUT2D eigenvalue weighted by molar-refractivity contribution is -0.134. The number of aromatic nitrogens is 3. The summed E-state index contributed by atoms with van der Waals surface area (Å²) >= 11 is 1.45. The van der Waals surface area contributed by atoms with Gasteiger partial charge in [0.15, 0.2) is 5.65 Å². The molecule has 1 saturated carbocycles. The molecule has 0 bridgehead atoms. The number of fused-ring (bicyclic) bond motifs is 1. The molecular weight excluding hydrogens is 427 g/mol. The quantitative estimate of drug-likeness (QED) is 0.394. The minimum Gasteiger partial charge on any atom is -0.391 e. The number of aliphatic hydroxyl groups excluding tert-OH is 1. The smallest absolute Gasteiger partial charge is 0.391 e. The van der Waals surface area contributed by atoms with Crippen LogP contribution in [0.1, 0.15) is 17.7 Å². The van der Waals surface area contributed by atoms with E-state index in [2.05, 4.69) is 15.4 Å². The van der Waals surface area contributed by atoms with Crippen LogP contribution in [-0.2, 0) is 10.4 Å². The molecule has 0 radical (unpaired) electrons. The van der Waals surface area contributed by atoms with Crippen molar-refractivity contribution >= 4 is 35.0 Å². The number of rotatable bonds is 6. The second-order valence-electron chi connectivity index (χ2n) is 6.83. The standard InChI is InChI=1S/C17H18F3N5O2S2/c18-17(19,20)14-2-1-13(28-14)11-7-16-22-4-3-15(25(16)24-11)23-10-5-9(6-12(10)26)8-27-29-21/h1-4,7,9-10,12,23,26H,5-6,8,21H2. The first kappa shape index (κ1) is 20.4. The van der Waals surface area contributed by atoms with Gasteiger partial charge in [-0.1, -0.05) is 0 Å². The first-order valence-corrected chi connectivity index (χ1v) is 10.4. The number of anilines is 1. The fraction of sp³-hybridized carbons (Fsp3) is 0.412. The van der Waals surface area contributed by atoms with Gasteiger partial charge in [0.1, 0.15) is 16.4 Å². The Labute approximate surface area is 172 Å². The van der Waals surface area contributed by atoms with Gasteiger partial charge in [-0.15, -0.1) is 11.3 Å². The largest absolute Gasteiger partial charge is 0.425 e. The monoisotopic (exact) mass is 445 g/mol. The summed E-state index contributed by atoms with van der Waals surface area (Å²) in [7, 11) is 0. The zero-order chi connectivity index (χ0) is 20.6. The van der Waals surface area contributed by atoms with Gasteiger partial charge in [-0.05, 0) is 37.0 Å². The molecule has 3 heterocycles. The first-order valence-electron chi connectivity index (χ1n) is 8.80. The molecule has 12 heteroatoms. The average Bonchev–Trinajstić information content (AvgIpc) is 3.38. The Morgan fingerprint density at radius 1 is 1.34 bits per heavy atom. The van der Waals surface area contributed by atoms with E-state index in [0.29, 0.717) is 52.8 Å². The SMILES string of the molecule is NSOCC1CC(O)C(Nc2ccnc3cc(-c4ccc(C(F)(F)F)s4)nn23)C1. The summed E-state index contributed by atoms with van der Waals surface area (Å²) in [5.74, 6) is 0.781. The van der Waals surface area contributed by atoms with E-state index in [1.807, 2.05) is 0 Å². The normalized spacial score (nSPS) is 22.4. The number of aliphatic hydroxyl groups is 1. The summed E-state index contributed by atoms with van der Waals surface area (Å²) in [6.07, 6.45) is -2.07. The van der Waals surface area contributed by atoms with Crippen molar-refractivity contribution in [3.05, 3.63) is 35.3 Å². The van der Waals surface area contributed by atoms with Crippen LogP contribution in [0, 0.1) is 5.92 Å². The van der Waals surface area contributed by atoms with Gasteiger partial charge in [-0.25, -0.2) is 4.98 Å². The number of alkyl halides is 3. The summed E-state index contributed by atoms with van der Waals surface area (Å²) in [5.41, 5.74) is 0.907. The van der Waals surface area contributed by atoms with Crippen molar-refractivity contribution in [2.45, 2.75) is 31.2 Å². The zero-order valence-electron chi connectivity index (χ0n) is 15.0. The summed E-state index contributed by atoms with van der Waals surface area (Å²) in [5, 5.41) is 23.3. The molecule has 1 aliphatic rings. The van der Waals surface area contributed by atoms with Gasteiger partial charge in [0.25, 0.3) is 0 Å². The molecule has 0 spiro atoms. The lowest BCUT2D eigenvalue weighted by Crippen LogP contribution is -2.29. The van der Waals surface area contributed by atoms with E-state index in [4.69, 9.17) is 9.32 Å². The van der Waals surface area contributed by atoms with E-state index in [9.17, 15) is 18.3 Å². The molecule has 3 aromatic rings. The predicted molar refractivity (Wildman–Crippen MR) is 105 cm³/mol. The highest BCUT2D eigenvalue weighted by atomic mass is 32.2. The van der Waals surface area contributed by atoms with Crippen LogP contribution >= 0.6 is 23.6 Å². The van der Waals surface area contributed by atoms with Gasteiger partial charge < -0.3 is 14.6 Å². The number of hydrogen-bond acceptors (Lipinski definition) is 8. The highest BCUT2D eigenvalue weighted by Crippen LogP contribution is 2.38. The molecule has 3 aromatic heterocycles. The number of thiophene rings is 1. The minimum absolute atomic E-state index is 0.177. The van der Waals surface area contributed by atoms with Crippen LogP contribution in [0.3, 0.4) is 0 Å². The summed E-state index contributed by atoms with van der Waals surface area (Å²) < 4.78 is 45.3. The lowest BCUT2D eigenvalue weighted by atomic mass is 10.1.